The van der Waals surface area contributed by atoms with Crippen LogP contribution < -0.4 is 24.8 Å². The van der Waals surface area contributed by atoms with Crippen molar-refractivity contribution >= 4 is 71.0 Å². The van der Waals surface area contributed by atoms with Crippen LogP contribution in [0.4, 0.5) is 5.69 Å². The first-order valence-electron chi connectivity index (χ1n) is 21.1. The second kappa shape index (κ2) is 15.6. The number of nitrogens with zero attached hydrogens (tertiary/aromatic N) is 3. The van der Waals surface area contributed by atoms with Crippen LogP contribution in [0.3, 0.4) is 0 Å². The molecule has 0 unspecified atom stereocenters. The molecule has 4 aliphatic rings. The fourth-order valence-corrected chi connectivity index (χ4v) is 12.0. The molecule has 0 spiro atoms. The third-order valence-electron chi connectivity index (χ3n) is 12.8. The van der Waals surface area contributed by atoms with Crippen LogP contribution in [0.2, 0.25) is 0 Å². The Morgan fingerprint density at radius 1 is 1.05 bits per heavy atom. The maximum absolute atomic E-state index is 15.0. The third-order valence-corrected chi connectivity index (χ3v) is 16.9. The monoisotopic (exact) mass is 936 g/mol. The highest BCUT2D eigenvalue weighted by Crippen LogP contribution is 2.58. The van der Waals surface area contributed by atoms with Gasteiger partial charge in [-0.25, -0.2) is 9.97 Å². The number of aromatic nitrogens is 2. The summed E-state index contributed by atoms with van der Waals surface area (Å²) in [6.07, 6.45) is 3.97. The summed E-state index contributed by atoms with van der Waals surface area (Å²) in [5.74, 6) is -0.0846. The Morgan fingerprint density at radius 2 is 1.75 bits per heavy atom. The van der Waals surface area contributed by atoms with Crippen molar-refractivity contribution in [1.29, 1.82) is 0 Å². The number of halogens is 1. The van der Waals surface area contributed by atoms with E-state index in [1.807, 2.05) is 75.5 Å². The van der Waals surface area contributed by atoms with Crippen LogP contribution in [0.1, 0.15) is 90.3 Å². The number of benzene rings is 2. The Morgan fingerprint density at radius 3 is 2.36 bits per heavy atom. The van der Waals surface area contributed by atoms with E-state index < -0.39 is 55.7 Å². The van der Waals surface area contributed by atoms with E-state index >= 15 is 4.79 Å². The van der Waals surface area contributed by atoms with Crippen LogP contribution in [-0.4, -0.2) is 90.2 Å². The number of thiazole rings is 1. The number of carbonyl (C=O) groups is 3. The van der Waals surface area contributed by atoms with Gasteiger partial charge in [-0.3, -0.25) is 23.7 Å². The van der Waals surface area contributed by atoms with Gasteiger partial charge in [0.15, 0.2) is 0 Å². The van der Waals surface area contributed by atoms with Crippen LogP contribution in [0.5, 0.6) is 11.6 Å². The molecule has 3 amide bonds. The number of likely N-dealkylation sites (tertiary alicyclic amines) is 1. The van der Waals surface area contributed by atoms with Gasteiger partial charge in [-0.05, 0) is 116 Å². The van der Waals surface area contributed by atoms with E-state index in [-0.39, 0.29) is 36.6 Å². The minimum absolute atomic E-state index is 0.0669. The second-order valence-corrected chi connectivity index (χ2v) is 24.4. The first-order valence-corrected chi connectivity index (χ1v) is 25.2. The Kier molecular flexibility index (Phi) is 11.1. The Hall–Kier alpha value is -4.12. The van der Waals surface area contributed by atoms with E-state index in [2.05, 4.69) is 45.1 Å². The molecule has 0 radical (unpaired) electrons. The van der Waals surface area contributed by atoms with Crippen molar-refractivity contribution < 1.29 is 32.6 Å². The van der Waals surface area contributed by atoms with E-state index in [0.717, 1.165) is 50.0 Å². The Balaban J connectivity index is 1.15. The number of rotatable bonds is 14. The SMILES string of the molecule is COc1ccc2c(O[C@@H]3C[C@@H](C(=O)N[C@]4(C(=O)NS(C)(=O)(O)C5CC5)C[C@H]4C4CC4)N(C(=O)[C@@H](Nc4ccc(Br)cc4)C(C)(C)C)C3)nc(-c3nc(C(C)C)cs3)cc2c1C. The fraction of sp³-hybridized carbons (Fsp3) is 0.533. The normalized spacial score (nSPS) is 23.9. The molecule has 328 valence electrons. The van der Waals surface area contributed by atoms with Crippen molar-refractivity contribution in [2.45, 2.75) is 115 Å². The van der Waals surface area contributed by atoms with Gasteiger partial charge in [0.1, 0.15) is 40.2 Å². The highest BCUT2D eigenvalue weighted by Gasteiger charge is 2.67. The minimum atomic E-state index is -4.47. The topological polar surface area (TPSA) is 172 Å². The molecule has 16 heteroatoms. The summed E-state index contributed by atoms with van der Waals surface area (Å²) in [6.45, 7) is 12.2. The standard InChI is InChI=1S/C45H57BrN6O7S2/c1-24(2)35-23-60-41(49-35)34-20-32-25(3)37(58-7)18-17-31(32)40(48-34)59-29-19-36(52(22-29)42(54)38(44(4,5)6)47-28-13-11-27(46)12-14-28)39(53)50-45(21-33(45)26-9-10-26)43(55)51-61(8,56,57)30-15-16-30/h11-14,17-18,20,23-24,26,29-30,33,36,38,47H,9-10,15-16,19,21-22H2,1-8H3,(H,50,53)(H2,51,55,56,57)/t29-,33+,36+,38-,45-/m1/s1. The number of aryl methyl sites for hydroxylation is 1. The maximum Gasteiger partial charge on any atom is 0.263 e. The summed E-state index contributed by atoms with van der Waals surface area (Å²) >= 11 is 5.00. The Labute approximate surface area is 370 Å². The number of fused-ring (bicyclic) bond motifs is 1. The molecule has 3 saturated carbocycles. The third kappa shape index (κ3) is 8.79. The smallest absolute Gasteiger partial charge is 0.263 e. The first kappa shape index (κ1) is 43.5. The van der Waals surface area contributed by atoms with Crippen LogP contribution in [0.25, 0.3) is 21.5 Å². The molecular formula is C45H57BrN6O7S2. The van der Waals surface area contributed by atoms with Gasteiger partial charge >= 0.3 is 0 Å². The van der Waals surface area contributed by atoms with Crippen molar-refractivity contribution in [2.24, 2.45) is 17.3 Å². The molecular weight excluding hydrogens is 881 g/mol. The van der Waals surface area contributed by atoms with Gasteiger partial charge < -0.3 is 25.0 Å². The molecule has 13 nitrogen and oxygen atoms in total. The van der Waals surface area contributed by atoms with Crippen molar-refractivity contribution in [3.63, 3.8) is 0 Å². The Bertz CT molecular complexity index is 2450. The molecule has 61 heavy (non-hydrogen) atoms. The second-order valence-electron chi connectivity index (χ2n) is 19.1. The lowest BCUT2D eigenvalue weighted by molar-refractivity contribution is -0.141. The van der Waals surface area contributed by atoms with Gasteiger partial charge in [-0.2, -0.15) is 4.21 Å². The molecule has 5 atom stereocenters. The average molecular weight is 938 g/mol. The number of amides is 3. The fourth-order valence-electron chi connectivity index (χ4n) is 8.71. The zero-order valence-electron chi connectivity index (χ0n) is 36.0. The lowest BCUT2D eigenvalue weighted by Gasteiger charge is -2.41. The molecule has 3 aliphatic carbocycles. The lowest BCUT2D eigenvalue weighted by Crippen LogP contribution is -2.62. The number of nitrogens with one attached hydrogen (secondary N) is 3. The highest BCUT2D eigenvalue weighted by atomic mass is 79.9. The quantitative estimate of drug-likeness (QED) is 0.0977. The number of anilines is 1. The molecule has 4 aromatic rings. The van der Waals surface area contributed by atoms with Crippen molar-refractivity contribution in [2.75, 3.05) is 25.2 Å². The summed E-state index contributed by atoms with van der Waals surface area (Å²) in [6, 6.07) is 11.6. The van der Waals surface area contributed by atoms with Crippen molar-refractivity contribution in [3.05, 3.63) is 63.6 Å². The minimum Gasteiger partial charge on any atom is -0.496 e. The molecule has 1 saturated heterocycles. The number of carbonyl (C=O) groups excluding carboxylic acids is 3. The van der Waals surface area contributed by atoms with Gasteiger partial charge in [0.05, 0.1) is 24.6 Å². The summed E-state index contributed by atoms with van der Waals surface area (Å²) in [7, 11) is -2.84. The molecule has 4 fully saturated rings. The van der Waals surface area contributed by atoms with E-state index in [9.17, 15) is 18.4 Å². The van der Waals surface area contributed by atoms with Gasteiger partial charge in [0.2, 0.25) is 17.7 Å². The zero-order chi connectivity index (χ0) is 43.8. The largest absolute Gasteiger partial charge is 0.496 e. The number of ether oxygens (including phenoxy) is 2. The van der Waals surface area contributed by atoms with Gasteiger partial charge in [-0.15, -0.1) is 20.9 Å². The van der Waals surface area contributed by atoms with Crippen LogP contribution in [0.15, 0.2) is 52.3 Å². The zero-order valence-corrected chi connectivity index (χ0v) is 39.3. The average Bonchev–Trinajstić information content (AvgIpc) is 4.13. The van der Waals surface area contributed by atoms with Gasteiger partial charge in [-0.1, -0.05) is 50.5 Å². The van der Waals surface area contributed by atoms with Crippen molar-refractivity contribution in [3.8, 4) is 22.3 Å². The summed E-state index contributed by atoms with van der Waals surface area (Å²) < 4.78 is 40.8. The molecule has 8 rings (SSSR count). The first-order chi connectivity index (χ1) is 28.7. The molecule has 3 heterocycles. The summed E-state index contributed by atoms with van der Waals surface area (Å²) in [5, 5.41) is 10.4. The molecule has 2 aromatic carbocycles. The van der Waals surface area contributed by atoms with E-state index in [4.69, 9.17) is 19.4 Å². The number of methoxy groups -OCH3 is 1. The lowest BCUT2D eigenvalue weighted by atomic mass is 9.85. The van der Waals surface area contributed by atoms with Crippen LogP contribution in [0, 0.1) is 24.2 Å². The van der Waals surface area contributed by atoms with E-state index in [1.165, 1.54) is 17.6 Å². The van der Waals surface area contributed by atoms with E-state index in [1.54, 1.807) is 12.0 Å². The van der Waals surface area contributed by atoms with E-state index in [0.29, 0.717) is 36.6 Å². The van der Waals surface area contributed by atoms with Gasteiger partial charge in [0.25, 0.3) is 5.91 Å². The molecule has 1 aliphatic heterocycles. The predicted octanol–water partition coefficient (Wildman–Crippen LogP) is 7.84. The van der Waals surface area contributed by atoms with Crippen molar-refractivity contribution in [1.82, 2.24) is 24.9 Å². The molecule has 0 bridgehead atoms. The van der Waals surface area contributed by atoms with Crippen LogP contribution in [-0.2, 0) is 23.9 Å². The number of hydrogen-bond acceptors (Lipinski definition) is 10. The van der Waals surface area contributed by atoms with Gasteiger partial charge in [0, 0.05) is 33.6 Å². The highest BCUT2D eigenvalue weighted by molar-refractivity contribution is 9.10. The summed E-state index contributed by atoms with van der Waals surface area (Å²) in [5.41, 5.74) is 1.30. The molecule has 2 aromatic heterocycles. The molecule has 4 N–H and O–H groups in total. The summed E-state index contributed by atoms with van der Waals surface area (Å²) in [4.78, 5) is 55.5. The number of pyridine rings is 1. The van der Waals surface area contributed by atoms with Crippen LogP contribution >= 0.6 is 27.3 Å². The maximum atomic E-state index is 15.0. The predicted molar refractivity (Wildman–Crippen MR) is 243 cm³/mol. The number of hydrogen-bond donors (Lipinski definition) is 4.